The van der Waals surface area contributed by atoms with Crippen molar-refractivity contribution in [1.82, 2.24) is 10.3 Å². The molecule has 74 valence electrons. The molecule has 0 aliphatic carbocycles. The number of rotatable bonds is 3. The minimum atomic E-state index is -0.122. The molecule has 0 bridgehead atoms. The predicted octanol–water partition coefficient (Wildman–Crippen LogP) is 1.03. The highest BCUT2D eigenvalue weighted by atomic mass is 16.1. The van der Waals surface area contributed by atoms with Crippen molar-refractivity contribution in [2.75, 3.05) is 7.05 Å². The Morgan fingerprint density at radius 2 is 2.43 bits per heavy atom. The first-order valence-corrected chi connectivity index (χ1v) is 4.39. The second-order valence-corrected chi connectivity index (χ2v) is 2.72. The van der Waals surface area contributed by atoms with E-state index in [1.54, 1.807) is 31.6 Å². The summed E-state index contributed by atoms with van der Waals surface area (Å²) < 4.78 is 0. The molecule has 1 rings (SSSR count). The molecule has 1 aromatic heterocycles. The summed E-state index contributed by atoms with van der Waals surface area (Å²) >= 11 is 0. The third-order valence-electron chi connectivity index (χ3n) is 1.75. The Hall–Kier alpha value is -1.71. The zero-order chi connectivity index (χ0) is 10.4. The minimum absolute atomic E-state index is 0.122. The van der Waals surface area contributed by atoms with Gasteiger partial charge in [-0.25, -0.2) is 0 Å². The van der Waals surface area contributed by atoms with Crippen LogP contribution in [0.5, 0.6) is 0 Å². The predicted molar refractivity (Wildman–Crippen MR) is 55.5 cm³/mol. The zero-order valence-corrected chi connectivity index (χ0v) is 8.32. The third-order valence-corrected chi connectivity index (χ3v) is 1.75. The number of pyridine rings is 1. The summed E-state index contributed by atoms with van der Waals surface area (Å²) in [6, 6.07) is 3.55. The molecule has 0 spiro atoms. The normalized spacial score (nSPS) is 10.4. The summed E-state index contributed by atoms with van der Waals surface area (Å²) in [7, 11) is 1.59. The summed E-state index contributed by atoms with van der Waals surface area (Å²) in [5.41, 5.74) is 1.42. The van der Waals surface area contributed by atoms with E-state index in [0.29, 0.717) is 12.1 Å². The van der Waals surface area contributed by atoms with Gasteiger partial charge in [-0.1, -0.05) is 0 Å². The summed E-state index contributed by atoms with van der Waals surface area (Å²) in [4.78, 5) is 19.3. The van der Waals surface area contributed by atoms with Crippen LogP contribution in [0.1, 0.15) is 23.0 Å². The van der Waals surface area contributed by atoms with Crippen LogP contribution in [0.4, 0.5) is 0 Å². The lowest BCUT2D eigenvalue weighted by Crippen LogP contribution is -2.17. The van der Waals surface area contributed by atoms with Crippen LogP contribution < -0.4 is 5.32 Å². The SMILES string of the molecule is CC=NCc1ccc(C(=O)NC)cn1. The molecule has 1 aromatic rings. The number of carbonyl (C=O) groups excluding carboxylic acids is 1. The molecule has 0 atom stereocenters. The number of aromatic nitrogens is 1. The van der Waals surface area contributed by atoms with E-state index in [2.05, 4.69) is 15.3 Å². The number of aliphatic imine (C=N–C) groups is 1. The largest absolute Gasteiger partial charge is 0.355 e. The van der Waals surface area contributed by atoms with E-state index in [0.717, 1.165) is 5.69 Å². The quantitative estimate of drug-likeness (QED) is 0.725. The van der Waals surface area contributed by atoms with E-state index in [4.69, 9.17) is 0 Å². The first-order chi connectivity index (χ1) is 6.77. The maximum absolute atomic E-state index is 11.2. The summed E-state index contributed by atoms with van der Waals surface area (Å²) in [6.07, 6.45) is 3.29. The van der Waals surface area contributed by atoms with Gasteiger partial charge in [-0.3, -0.25) is 14.8 Å². The Kier molecular flexibility index (Phi) is 3.79. The van der Waals surface area contributed by atoms with Crippen LogP contribution in [-0.4, -0.2) is 24.2 Å². The van der Waals surface area contributed by atoms with Gasteiger partial charge in [0, 0.05) is 13.2 Å². The van der Waals surface area contributed by atoms with E-state index >= 15 is 0 Å². The van der Waals surface area contributed by atoms with Gasteiger partial charge in [0.05, 0.1) is 17.8 Å². The number of nitrogens with one attached hydrogen (secondary N) is 1. The van der Waals surface area contributed by atoms with E-state index in [9.17, 15) is 4.79 Å². The smallest absolute Gasteiger partial charge is 0.252 e. The maximum atomic E-state index is 11.2. The molecule has 1 N–H and O–H groups in total. The topological polar surface area (TPSA) is 54.4 Å². The van der Waals surface area contributed by atoms with Crippen LogP contribution in [0, 0.1) is 0 Å². The average Bonchev–Trinajstić information content (AvgIpc) is 2.26. The van der Waals surface area contributed by atoms with Gasteiger partial charge in [0.15, 0.2) is 0 Å². The Bertz CT molecular complexity index is 330. The van der Waals surface area contributed by atoms with E-state index in [-0.39, 0.29) is 5.91 Å². The van der Waals surface area contributed by atoms with Gasteiger partial charge >= 0.3 is 0 Å². The van der Waals surface area contributed by atoms with E-state index in [1.807, 2.05) is 6.92 Å². The molecule has 1 heterocycles. The molecule has 0 unspecified atom stereocenters. The van der Waals surface area contributed by atoms with Gasteiger partial charge in [0.2, 0.25) is 0 Å². The van der Waals surface area contributed by atoms with Crippen molar-refractivity contribution >= 4 is 12.1 Å². The third kappa shape index (κ3) is 2.65. The van der Waals surface area contributed by atoms with Crippen LogP contribution >= 0.6 is 0 Å². The van der Waals surface area contributed by atoms with Gasteiger partial charge in [-0.2, -0.15) is 0 Å². The molecule has 4 nitrogen and oxygen atoms in total. The number of hydrogen-bond donors (Lipinski definition) is 1. The fourth-order valence-corrected chi connectivity index (χ4v) is 0.981. The van der Waals surface area contributed by atoms with Crippen molar-refractivity contribution in [3.05, 3.63) is 29.6 Å². The summed E-state index contributed by atoms with van der Waals surface area (Å²) in [6.45, 7) is 2.42. The van der Waals surface area contributed by atoms with E-state index in [1.165, 1.54) is 0 Å². The highest BCUT2D eigenvalue weighted by Gasteiger charge is 2.02. The standard InChI is InChI=1S/C10H13N3O/c1-3-12-7-9-5-4-8(6-13-9)10(14)11-2/h3-6H,7H2,1-2H3,(H,11,14). The van der Waals surface area contributed by atoms with Crippen molar-refractivity contribution in [3.63, 3.8) is 0 Å². The Balaban J connectivity index is 2.73. The Morgan fingerprint density at radius 1 is 1.64 bits per heavy atom. The molecular weight excluding hydrogens is 178 g/mol. The monoisotopic (exact) mass is 191 g/mol. The average molecular weight is 191 g/mol. The van der Waals surface area contributed by atoms with Gasteiger partial charge in [-0.15, -0.1) is 0 Å². The highest BCUT2D eigenvalue weighted by molar-refractivity contribution is 5.93. The Morgan fingerprint density at radius 3 is 2.93 bits per heavy atom. The van der Waals surface area contributed by atoms with Crippen LogP contribution in [0.2, 0.25) is 0 Å². The first kappa shape index (κ1) is 10.4. The second kappa shape index (κ2) is 5.11. The van der Waals surface area contributed by atoms with Gasteiger partial charge in [0.25, 0.3) is 5.91 Å². The second-order valence-electron chi connectivity index (χ2n) is 2.72. The molecule has 0 fully saturated rings. The van der Waals surface area contributed by atoms with Crippen LogP contribution in [0.3, 0.4) is 0 Å². The Labute approximate surface area is 83.1 Å². The lowest BCUT2D eigenvalue weighted by Gasteiger charge is -1.99. The molecule has 0 saturated carbocycles. The van der Waals surface area contributed by atoms with Crippen molar-refractivity contribution < 1.29 is 4.79 Å². The van der Waals surface area contributed by atoms with Crippen molar-refractivity contribution in [2.45, 2.75) is 13.5 Å². The molecule has 0 saturated heterocycles. The molecular formula is C10H13N3O. The first-order valence-electron chi connectivity index (χ1n) is 4.39. The fraction of sp³-hybridized carbons (Fsp3) is 0.300. The lowest BCUT2D eigenvalue weighted by atomic mass is 10.2. The van der Waals surface area contributed by atoms with Gasteiger partial charge in [-0.05, 0) is 25.3 Å². The van der Waals surface area contributed by atoms with E-state index < -0.39 is 0 Å². The van der Waals surface area contributed by atoms with Crippen LogP contribution in [-0.2, 0) is 6.54 Å². The summed E-state index contributed by atoms with van der Waals surface area (Å²) in [5.74, 6) is -0.122. The van der Waals surface area contributed by atoms with Gasteiger partial charge < -0.3 is 5.32 Å². The maximum Gasteiger partial charge on any atom is 0.252 e. The van der Waals surface area contributed by atoms with Crippen LogP contribution in [0.15, 0.2) is 23.3 Å². The van der Waals surface area contributed by atoms with Crippen molar-refractivity contribution in [1.29, 1.82) is 0 Å². The molecule has 0 aliphatic heterocycles. The lowest BCUT2D eigenvalue weighted by molar-refractivity contribution is 0.0962. The molecule has 0 aromatic carbocycles. The van der Waals surface area contributed by atoms with Crippen LogP contribution in [0.25, 0.3) is 0 Å². The molecule has 0 radical (unpaired) electrons. The fourth-order valence-electron chi connectivity index (χ4n) is 0.981. The number of hydrogen-bond acceptors (Lipinski definition) is 3. The number of amides is 1. The molecule has 0 aliphatic rings. The zero-order valence-electron chi connectivity index (χ0n) is 8.32. The molecule has 4 heteroatoms. The summed E-state index contributed by atoms with van der Waals surface area (Å²) in [5, 5.41) is 2.54. The van der Waals surface area contributed by atoms with Crippen molar-refractivity contribution in [3.8, 4) is 0 Å². The van der Waals surface area contributed by atoms with Crippen molar-refractivity contribution in [2.24, 2.45) is 4.99 Å². The minimum Gasteiger partial charge on any atom is -0.355 e. The van der Waals surface area contributed by atoms with Gasteiger partial charge in [0.1, 0.15) is 0 Å². The number of nitrogens with zero attached hydrogens (tertiary/aromatic N) is 2. The number of carbonyl (C=O) groups is 1. The highest BCUT2D eigenvalue weighted by Crippen LogP contribution is 2.01. The molecule has 14 heavy (non-hydrogen) atoms. The molecule has 1 amide bonds.